The number of quaternary nitrogens is 1. The lowest BCUT2D eigenvalue weighted by molar-refractivity contribution is -0.870. The number of ether oxygens (including phenoxy) is 1. The van der Waals surface area contributed by atoms with E-state index < -0.39 is 33.1 Å². The van der Waals surface area contributed by atoms with E-state index in [1.54, 1.807) is 0 Å². The van der Waals surface area contributed by atoms with Crippen molar-refractivity contribution in [3.8, 4) is 0 Å². The largest absolute Gasteiger partial charge is 0.756 e. The van der Waals surface area contributed by atoms with Gasteiger partial charge >= 0.3 is 5.97 Å². The zero-order valence-electron chi connectivity index (χ0n) is 24.2. The molecule has 0 aromatic rings. The molecule has 0 amide bonds. The van der Waals surface area contributed by atoms with Gasteiger partial charge in [0.15, 0.2) is 0 Å². The van der Waals surface area contributed by atoms with Crippen LogP contribution in [0.4, 0.5) is 0 Å². The summed E-state index contributed by atoms with van der Waals surface area (Å²) in [5.41, 5.74) is 0. The number of aliphatic hydroxyl groups is 1. The third-order valence-electron chi connectivity index (χ3n) is 6.09. The summed E-state index contributed by atoms with van der Waals surface area (Å²) < 4.78 is 27.0. The molecule has 2 unspecified atom stereocenters. The van der Waals surface area contributed by atoms with Crippen LogP contribution in [0.5, 0.6) is 0 Å². The topological polar surface area (TPSA) is 105 Å². The molecule has 0 aliphatic heterocycles. The predicted molar refractivity (Wildman–Crippen MR) is 148 cm³/mol. The van der Waals surface area contributed by atoms with Crippen LogP contribution in [0.1, 0.15) is 110 Å². The van der Waals surface area contributed by atoms with Crippen LogP contribution in [0, 0.1) is 0 Å². The first kappa shape index (κ1) is 36.2. The van der Waals surface area contributed by atoms with E-state index in [1.807, 2.05) is 27.2 Å². The van der Waals surface area contributed by atoms with Crippen molar-refractivity contribution < 1.29 is 37.6 Å². The van der Waals surface area contributed by atoms with Crippen molar-refractivity contribution in [3.05, 3.63) is 12.2 Å². The zero-order valence-corrected chi connectivity index (χ0v) is 25.1. The minimum atomic E-state index is -4.52. The molecular formula is C28H56NO7P. The second-order valence-corrected chi connectivity index (χ2v) is 12.3. The zero-order chi connectivity index (χ0) is 27.8. The van der Waals surface area contributed by atoms with Crippen LogP contribution in [0.25, 0.3) is 0 Å². The van der Waals surface area contributed by atoms with E-state index in [9.17, 15) is 19.4 Å². The van der Waals surface area contributed by atoms with Gasteiger partial charge in [0, 0.05) is 6.42 Å². The summed E-state index contributed by atoms with van der Waals surface area (Å²) in [5, 5.41) is 9.37. The van der Waals surface area contributed by atoms with E-state index in [0.717, 1.165) is 12.8 Å². The molecule has 0 aliphatic rings. The van der Waals surface area contributed by atoms with Crippen molar-refractivity contribution in [2.24, 2.45) is 0 Å². The number of unbranched alkanes of at least 4 members (excludes halogenated alkanes) is 13. The molecule has 9 heteroatoms. The second kappa shape index (κ2) is 23.2. The van der Waals surface area contributed by atoms with E-state index in [1.165, 1.54) is 77.0 Å². The van der Waals surface area contributed by atoms with Crippen LogP contribution in [-0.2, 0) is 23.1 Å². The van der Waals surface area contributed by atoms with Crippen molar-refractivity contribution in [3.63, 3.8) is 0 Å². The maximum Gasteiger partial charge on any atom is 0.306 e. The van der Waals surface area contributed by atoms with Crippen LogP contribution < -0.4 is 4.89 Å². The summed E-state index contributed by atoms with van der Waals surface area (Å²) in [4.78, 5) is 23.8. The van der Waals surface area contributed by atoms with Gasteiger partial charge in [-0.3, -0.25) is 9.36 Å². The van der Waals surface area contributed by atoms with Crippen LogP contribution in [0.3, 0.4) is 0 Å². The monoisotopic (exact) mass is 549 g/mol. The molecule has 0 saturated heterocycles. The molecule has 0 spiro atoms. The van der Waals surface area contributed by atoms with Gasteiger partial charge < -0.3 is 28.3 Å². The minimum Gasteiger partial charge on any atom is -0.756 e. The number of esters is 1. The number of phosphoric ester groups is 1. The highest BCUT2D eigenvalue weighted by molar-refractivity contribution is 7.45. The Morgan fingerprint density at radius 3 is 1.89 bits per heavy atom. The van der Waals surface area contributed by atoms with Gasteiger partial charge in [-0.2, -0.15) is 0 Å². The number of phosphoric acid groups is 1. The number of rotatable bonds is 26. The Bertz CT molecular complexity index is 622. The number of nitrogens with zero attached hydrogens (tertiary/aromatic N) is 1. The molecule has 37 heavy (non-hydrogen) atoms. The fourth-order valence-corrected chi connectivity index (χ4v) is 4.45. The summed E-state index contributed by atoms with van der Waals surface area (Å²) in [6, 6.07) is 0. The van der Waals surface area contributed by atoms with Crippen LogP contribution in [0.2, 0.25) is 0 Å². The molecule has 220 valence electrons. The van der Waals surface area contributed by atoms with Crippen LogP contribution in [-0.4, -0.2) is 69.2 Å². The van der Waals surface area contributed by atoms with Gasteiger partial charge in [-0.15, -0.1) is 0 Å². The minimum absolute atomic E-state index is 0.0144. The average Bonchev–Trinajstić information content (AvgIpc) is 2.82. The molecule has 0 bridgehead atoms. The van der Waals surface area contributed by atoms with Gasteiger partial charge in [0.25, 0.3) is 7.82 Å². The Morgan fingerprint density at radius 2 is 1.38 bits per heavy atom. The number of hydrogen-bond donors (Lipinski definition) is 1. The molecule has 0 aromatic carbocycles. The van der Waals surface area contributed by atoms with E-state index >= 15 is 0 Å². The predicted octanol–water partition coefficient (Wildman–Crippen LogP) is 5.92. The Labute approximate surface area is 227 Å². The van der Waals surface area contributed by atoms with E-state index in [0.29, 0.717) is 17.4 Å². The van der Waals surface area contributed by atoms with Gasteiger partial charge in [0.05, 0.1) is 34.4 Å². The van der Waals surface area contributed by atoms with Crippen molar-refractivity contribution in [1.82, 2.24) is 0 Å². The lowest BCUT2D eigenvalue weighted by atomic mass is 10.0. The van der Waals surface area contributed by atoms with Gasteiger partial charge in [0.2, 0.25) is 0 Å². The number of carbonyl (C=O) groups excluding carboxylic acids is 1. The quantitative estimate of drug-likeness (QED) is 0.0470. The lowest BCUT2D eigenvalue weighted by Gasteiger charge is -2.28. The maximum absolute atomic E-state index is 12.0. The molecule has 2 atom stereocenters. The fourth-order valence-electron chi connectivity index (χ4n) is 3.72. The Kier molecular flexibility index (Phi) is 22.7. The Morgan fingerprint density at radius 1 is 0.865 bits per heavy atom. The molecule has 0 fully saturated rings. The maximum atomic E-state index is 12.0. The Balaban J connectivity index is 3.72. The summed E-state index contributed by atoms with van der Waals surface area (Å²) in [7, 11) is 1.22. The van der Waals surface area contributed by atoms with Crippen molar-refractivity contribution in [2.45, 2.75) is 116 Å². The lowest BCUT2D eigenvalue weighted by Crippen LogP contribution is -2.37. The number of carbonyl (C=O) groups is 1. The molecule has 0 aromatic heterocycles. The molecule has 0 aliphatic carbocycles. The normalized spacial score (nSPS) is 14.6. The molecule has 8 nitrogen and oxygen atoms in total. The van der Waals surface area contributed by atoms with E-state index in [2.05, 4.69) is 13.0 Å². The molecule has 0 saturated carbocycles. The molecule has 1 N–H and O–H groups in total. The fraction of sp³-hybridized carbons (Fsp3) is 0.893. The summed E-state index contributed by atoms with van der Waals surface area (Å²) in [5.74, 6) is -0.500. The third-order valence-corrected chi connectivity index (χ3v) is 7.05. The summed E-state index contributed by atoms with van der Waals surface area (Å²) >= 11 is 0. The average molecular weight is 550 g/mol. The van der Waals surface area contributed by atoms with Gasteiger partial charge in [0.1, 0.15) is 19.3 Å². The van der Waals surface area contributed by atoms with E-state index in [-0.39, 0.29) is 13.0 Å². The van der Waals surface area contributed by atoms with Gasteiger partial charge in [-0.1, -0.05) is 96.1 Å². The van der Waals surface area contributed by atoms with Crippen molar-refractivity contribution in [1.29, 1.82) is 0 Å². The van der Waals surface area contributed by atoms with Crippen LogP contribution >= 0.6 is 7.82 Å². The molecular weight excluding hydrogens is 493 g/mol. The number of aliphatic hydroxyl groups excluding tert-OH is 1. The first-order valence-electron chi connectivity index (χ1n) is 14.5. The highest BCUT2D eigenvalue weighted by atomic mass is 31.2. The summed E-state index contributed by atoms with van der Waals surface area (Å²) in [6.07, 6.45) is 22.2. The van der Waals surface area contributed by atoms with Gasteiger partial charge in [-0.25, -0.2) is 0 Å². The van der Waals surface area contributed by atoms with Crippen LogP contribution in [0.15, 0.2) is 12.2 Å². The third kappa shape index (κ3) is 26.6. The molecule has 0 rings (SSSR count). The molecule has 0 radical (unpaired) electrons. The molecule has 0 heterocycles. The second-order valence-electron chi connectivity index (χ2n) is 10.9. The highest BCUT2D eigenvalue weighted by Crippen LogP contribution is 2.38. The first-order valence-corrected chi connectivity index (χ1v) is 15.9. The standard InChI is InChI=1S/C28H56NO7P/c1-5-6-7-8-9-10-11-12-13-14-15-16-17-18-19-20-21-22-28(31)36-27(25-30)26-35-37(32,33)34-24-23-29(2,3)4/h19-20,27,30H,5-18,21-26H2,1-4H3/b20-19-. The summed E-state index contributed by atoms with van der Waals surface area (Å²) in [6.45, 7) is 1.73. The Hall–Kier alpha value is -0.760. The van der Waals surface area contributed by atoms with Crippen molar-refractivity contribution >= 4 is 13.8 Å². The smallest absolute Gasteiger partial charge is 0.306 e. The SMILES string of the molecule is CCCCCCCCCCCCCCC/C=C\CCC(=O)OC(CO)COP(=O)([O-])OCC[N+](C)(C)C. The number of hydrogen-bond acceptors (Lipinski definition) is 7. The first-order chi connectivity index (χ1) is 17.6. The number of likely N-dealkylation sites (N-methyl/N-ethyl adjacent to an activating group) is 1. The van der Waals surface area contributed by atoms with Crippen molar-refractivity contribution in [2.75, 3.05) is 47.5 Å². The van der Waals surface area contributed by atoms with Gasteiger partial charge in [-0.05, 0) is 19.3 Å². The van der Waals surface area contributed by atoms with E-state index in [4.69, 9.17) is 13.8 Å². The highest BCUT2D eigenvalue weighted by Gasteiger charge is 2.19. The number of allylic oxidation sites excluding steroid dienone is 2.